The van der Waals surface area contributed by atoms with Gasteiger partial charge in [-0.05, 0) is 12.1 Å². The van der Waals surface area contributed by atoms with Crippen molar-refractivity contribution in [2.24, 2.45) is 0 Å². The predicted octanol–water partition coefficient (Wildman–Crippen LogP) is 2.13. The number of benzene rings is 1. The molecule has 80 valence electrons. The Balaban J connectivity index is 2.61. The van der Waals surface area contributed by atoms with Crippen LogP contribution in [-0.2, 0) is 5.75 Å². The highest BCUT2D eigenvalue weighted by Crippen LogP contribution is 2.37. The third kappa shape index (κ3) is 1.69. The van der Waals surface area contributed by atoms with Gasteiger partial charge in [0.1, 0.15) is 11.5 Å². The summed E-state index contributed by atoms with van der Waals surface area (Å²) in [5.41, 5.74) is 1.65. The van der Waals surface area contributed by atoms with E-state index in [9.17, 15) is 4.79 Å². The van der Waals surface area contributed by atoms with E-state index in [1.54, 1.807) is 32.0 Å². The molecule has 4 heteroatoms. The highest BCUT2D eigenvalue weighted by Gasteiger charge is 2.24. The second kappa shape index (κ2) is 4.14. The molecule has 0 saturated heterocycles. The minimum Gasteiger partial charge on any atom is -0.496 e. The first-order chi connectivity index (χ1) is 7.27. The second-order valence-corrected chi connectivity index (χ2v) is 4.23. The highest BCUT2D eigenvalue weighted by atomic mass is 32.2. The number of hydrogen-bond acceptors (Lipinski definition) is 4. The Labute approximate surface area is 92.8 Å². The predicted molar refractivity (Wildman–Crippen MR) is 60.0 cm³/mol. The van der Waals surface area contributed by atoms with E-state index in [0.717, 1.165) is 17.1 Å². The molecule has 0 radical (unpaired) electrons. The number of carbonyl (C=O) groups is 1. The fourth-order valence-corrected chi connectivity index (χ4v) is 2.66. The van der Waals surface area contributed by atoms with Gasteiger partial charge in [0.15, 0.2) is 5.78 Å². The molecule has 2 rings (SSSR count). The molecule has 1 heterocycles. The molecule has 0 saturated carbocycles. The average Bonchev–Trinajstić information content (AvgIpc) is 2.28. The Morgan fingerprint density at radius 2 is 1.80 bits per heavy atom. The highest BCUT2D eigenvalue weighted by molar-refractivity contribution is 7.99. The molecule has 0 bridgehead atoms. The van der Waals surface area contributed by atoms with Crippen LogP contribution in [0.15, 0.2) is 12.1 Å². The molecular weight excluding hydrogens is 212 g/mol. The molecule has 0 N–H and O–H groups in total. The average molecular weight is 224 g/mol. The lowest BCUT2D eigenvalue weighted by Crippen LogP contribution is -2.14. The number of thioether (sulfide) groups is 1. The van der Waals surface area contributed by atoms with Crippen LogP contribution in [0.25, 0.3) is 0 Å². The van der Waals surface area contributed by atoms with Crippen molar-refractivity contribution in [2.45, 2.75) is 5.75 Å². The lowest BCUT2D eigenvalue weighted by Gasteiger charge is -2.19. The van der Waals surface area contributed by atoms with Crippen LogP contribution >= 0.6 is 11.8 Å². The Hall–Kier alpha value is -1.16. The van der Waals surface area contributed by atoms with Gasteiger partial charge in [-0.2, -0.15) is 0 Å². The van der Waals surface area contributed by atoms with Crippen molar-refractivity contribution in [3.8, 4) is 11.5 Å². The number of ketones is 1. The molecule has 0 aromatic heterocycles. The maximum absolute atomic E-state index is 11.8. The fraction of sp³-hybridized carbons (Fsp3) is 0.364. The van der Waals surface area contributed by atoms with Gasteiger partial charge in [0.25, 0.3) is 0 Å². The van der Waals surface area contributed by atoms with Crippen LogP contribution in [0.1, 0.15) is 15.9 Å². The first-order valence-electron chi connectivity index (χ1n) is 4.62. The summed E-state index contributed by atoms with van der Waals surface area (Å²) in [6.45, 7) is 0. The van der Waals surface area contributed by atoms with Crippen molar-refractivity contribution < 1.29 is 14.3 Å². The van der Waals surface area contributed by atoms with Crippen molar-refractivity contribution in [2.75, 3.05) is 20.0 Å². The normalized spacial score (nSPS) is 14.7. The monoisotopic (exact) mass is 224 g/mol. The van der Waals surface area contributed by atoms with E-state index in [0.29, 0.717) is 17.1 Å². The minimum atomic E-state index is 0.122. The second-order valence-electron chi connectivity index (χ2n) is 3.24. The van der Waals surface area contributed by atoms with Crippen molar-refractivity contribution in [1.82, 2.24) is 0 Å². The number of fused-ring (bicyclic) bond motifs is 1. The Morgan fingerprint density at radius 3 is 2.47 bits per heavy atom. The molecular formula is C11H12O3S. The SMILES string of the molecule is COc1ccc(OC)c2c1CSCC2=O. The number of hydrogen-bond donors (Lipinski definition) is 0. The van der Waals surface area contributed by atoms with E-state index < -0.39 is 0 Å². The number of rotatable bonds is 2. The molecule has 0 aliphatic carbocycles. The summed E-state index contributed by atoms with van der Waals surface area (Å²) in [6.07, 6.45) is 0. The van der Waals surface area contributed by atoms with Gasteiger partial charge in [-0.15, -0.1) is 11.8 Å². The Morgan fingerprint density at radius 1 is 1.13 bits per heavy atom. The molecule has 1 aliphatic heterocycles. The zero-order chi connectivity index (χ0) is 10.8. The van der Waals surface area contributed by atoms with Crippen molar-refractivity contribution in [3.05, 3.63) is 23.3 Å². The summed E-state index contributed by atoms with van der Waals surface area (Å²) >= 11 is 1.61. The zero-order valence-corrected chi connectivity index (χ0v) is 9.52. The van der Waals surface area contributed by atoms with Gasteiger partial charge in [-0.3, -0.25) is 4.79 Å². The van der Waals surface area contributed by atoms with Crippen LogP contribution in [0.5, 0.6) is 11.5 Å². The lowest BCUT2D eigenvalue weighted by molar-refractivity contribution is 0.101. The van der Waals surface area contributed by atoms with Crippen LogP contribution in [0, 0.1) is 0 Å². The molecule has 0 atom stereocenters. The molecule has 0 fully saturated rings. The van der Waals surface area contributed by atoms with Gasteiger partial charge in [-0.25, -0.2) is 0 Å². The largest absolute Gasteiger partial charge is 0.496 e. The van der Waals surface area contributed by atoms with E-state index >= 15 is 0 Å². The molecule has 15 heavy (non-hydrogen) atoms. The Kier molecular flexibility index (Phi) is 2.86. The minimum absolute atomic E-state index is 0.122. The topological polar surface area (TPSA) is 35.5 Å². The summed E-state index contributed by atoms with van der Waals surface area (Å²) in [4.78, 5) is 11.8. The summed E-state index contributed by atoms with van der Waals surface area (Å²) in [5.74, 6) is 2.87. The van der Waals surface area contributed by atoms with E-state index in [1.165, 1.54) is 0 Å². The molecule has 0 spiro atoms. The molecule has 0 amide bonds. The summed E-state index contributed by atoms with van der Waals surface area (Å²) in [7, 11) is 3.20. The van der Waals surface area contributed by atoms with Crippen molar-refractivity contribution >= 4 is 17.5 Å². The van der Waals surface area contributed by atoms with Gasteiger partial charge < -0.3 is 9.47 Å². The smallest absolute Gasteiger partial charge is 0.176 e. The van der Waals surface area contributed by atoms with Gasteiger partial charge in [0.2, 0.25) is 0 Å². The fourth-order valence-electron chi connectivity index (χ4n) is 1.74. The van der Waals surface area contributed by atoms with Gasteiger partial charge >= 0.3 is 0 Å². The maximum Gasteiger partial charge on any atom is 0.176 e. The van der Waals surface area contributed by atoms with Crippen molar-refractivity contribution in [1.29, 1.82) is 0 Å². The van der Waals surface area contributed by atoms with Crippen LogP contribution in [0.2, 0.25) is 0 Å². The number of ether oxygens (including phenoxy) is 2. The summed E-state index contributed by atoms with van der Waals surface area (Å²) in [5, 5.41) is 0. The summed E-state index contributed by atoms with van der Waals surface area (Å²) < 4.78 is 10.4. The third-order valence-corrected chi connectivity index (χ3v) is 3.39. The van der Waals surface area contributed by atoms with Gasteiger partial charge in [0, 0.05) is 11.3 Å². The van der Waals surface area contributed by atoms with E-state index in [1.807, 2.05) is 6.07 Å². The zero-order valence-electron chi connectivity index (χ0n) is 8.70. The van der Waals surface area contributed by atoms with Crippen LogP contribution in [-0.4, -0.2) is 25.8 Å². The first-order valence-corrected chi connectivity index (χ1v) is 5.78. The lowest BCUT2D eigenvalue weighted by atomic mass is 10.0. The summed E-state index contributed by atoms with van der Waals surface area (Å²) in [6, 6.07) is 3.63. The van der Waals surface area contributed by atoms with Crippen LogP contribution < -0.4 is 9.47 Å². The number of carbonyl (C=O) groups excluding carboxylic acids is 1. The van der Waals surface area contributed by atoms with E-state index in [-0.39, 0.29) is 5.78 Å². The maximum atomic E-state index is 11.8. The van der Waals surface area contributed by atoms with Crippen LogP contribution in [0.4, 0.5) is 0 Å². The molecule has 1 aliphatic rings. The van der Waals surface area contributed by atoms with E-state index in [2.05, 4.69) is 0 Å². The Bertz CT molecular complexity index is 401. The van der Waals surface area contributed by atoms with Gasteiger partial charge in [0.05, 0.1) is 25.5 Å². The molecule has 3 nitrogen and oxygen atoms in total. The standard InChI is InChI=1S/C11H12O3S/c1-13-9-3-4-10(14-2)11-7(9)5-15-6-8(11)12/h3-4H,5-6H2,1-2H3. The number of Topliss-reactive ketones (excluding diaryl/α,β-unsaturated/α-hetero) is 1. The number of methoxy groups -OCH3 is 2. The van der Waals surface area contributed by atoms with Crippen LogP contribution in [0.3, 0.4) is 0 Å². The first kappa shape index (κ1) is 10.4. The van der Waals surface area contributed by atoms with Gasteiger partial charge in [-0.1, -0.05) is 0 Å². The van der Waals surface area contributed by atoms with E-state index in [4.69, 9.17) is 9.47 Å². The third-order valence-electron chi connectivity index (χ3n) is 2.43. The molecule has 0 unspecified atom stereocenters. The molecule has 1 aromatic carbocycles. The van der Waals surface area contributed by atoms with Crippen molar-refractivity contribution in [3.63, 3.8) is 0 Å². The quantitative estimate of drug-likeness (QED) is 0.771. The molecule has 1 aromatic rings.